The number of amides is 1. The van der Waals surface area contributed by atoms with Gasteiger partial charge in [0.2, 0.25) is 0 Å². The number of hydrogen-bond donors (Lipinski definition) is 1. The molecule has 0 radical (unpaired) electrons. The van der Waals surface area contributed by atoms with E-state index in [4.69, 9.17) is 9.72 Å². The summed E-state index contributed by atoms with van der Waals surface area (Å²) in [7, 11) is 1.77. The largest absolute Gasteiger partial charge is 0.487 e. The molecule has 5 rings (SSSR count). The van der Waals surface area contributed by atoms with Crippen molar-refractivity contribution in [1.82, 2.24) is 20.1 Å². The summed E-state index contributed by atoms with van der Waals surface area (Å²) in [4.78, 5) is 17.3. The highest BCUT2D eigenvalue weighted by Gasteiger charge is 2.28. The highest BCUT2D eigenvalue weighted by atomic mass is 32.1. The molecule has 0 spiro atoms. The first-order chi connectivity index (χ1) is 14.5. The molecule has 0 saturated carbocycles. The number of aromatic nitrogens is 3. The van der Waals surface area contributed by atoms with Gasteiger partial charge in [0.25, 0.3) is 5.91 Å². The number of carbonyl (C=O) groups excluding carboxylic acids is 1. The molecule has 1 atom stereocenters. The third kappa shape index (κ3) is 3.35. The highest BCUT2D eigenvalue weighted by molar-refractivity contribution is 7.21. The first kappa shape index (κ1) is 18.8. The van der Waals surface area contributed by atoms with Gasteiger partial charge in [0.1, 0.15) is 22.6 Å². The SMILES string of the molecule is Cc1cc2c(c(-c3nc4ccccc4s3)c1)OC(CNC(=O)c1cc(C)nn1C)C2. The standard InChI is InChI=1S/C23H22N4O2S/c1-13-8-15-11-16(12-24-22(28)19-10-14(2)26-27(19)3)29-21(15)17(9-13)23-25-18-6-4-5-7-20(18)30-23/h4-10,16H,11-12H2,1-3H3,(H,24,28). The molecule has 0 fully saturated rings. The van der Waals surface area contributed by atoms with Crippen molar-refractivity contribution in [3.63, 3.8) is 0 Å². The molecular formula is C23H22N4O2S. The van der Waals surface area contributed by atoms with Crippen molar-refractivity contribution < 1.29 is 9.53 Å². The highest BCUT2D eigenvalue weighted by Crippen LogP contribution is 2.42. The van der Waals surface area contributed by atoms with Crippen LogP contribution in [-0.2, 0) is 13.5 Å². The van der Waals surface area contributed by atoms with Gasteiger partial charge in [-0.2, -0.15) is 5.10 Å². The minimum absolute atomic E-state index is 0.104. The number of nitrogens with zero attached hydrogens (tertiary/aromatic N) is 3. The van der Waals surface area contributed by atoms with E-state index < -0.39 is 0 Å². The monoisotopic (exact) mass is 418 g/mol. The van der Waals surface area contributed by atoms with Crippen molar-refractivity contribution in [3.8, 4) is 16.3 Å². The Kier molecular flexibility index (Phi) is 4.55. The summed E-state index contributed by atoms with van der Waals surface area (Å²) in [6.07, 6.45) is 0.660. The van der Waals surface area contributed by atoms with E-state index in [2.05, 4.69) is 35.5 Å². The molecule has 0 aliphatic carbocycles. The Hall–Kier alpha value is -3.19. The number of thiazole rings is 1. The van der Waals surface area contributed by atoms with Gasteiger partial charge in [0.15, 0.2) is 0 Å². The number of fused-ring (bicyclic) bond motifs is 2. The van der Waals surface area contributed by atoms with E-state index in [0.717, 1.165) is 38.7 Å². The molecule has 1 amide bonds. The second-order valence-corrected chi connectivity index (χ2v) is 8.77. The lowest BCUT2D eigenvalue weighted by molar-refractivity contribution is 0.0924. The van der Waals surface area contributed by atoms with Crippen LogP contribution in [0.4, 0.5) is 0 Å². The Labute approximate surface area is 178 Å². The Bertz CT molecular complexity index is 1240. The molecule has 7 heteroatoms. The lowest BCUT2D eigenvalue weighted by Crippen LogP contribution is -2.35. The molecule has 6 nitrogen and oxygen atoms in total. The normalized spacial score (nSPS) is 15.2. The fourth-order valence-electron chi connectivity index (χ4n) is 3.97. The zero-order valence-corrected chi connectivity index (χ0v) is 17.9. The Morgan fingerprint density at radius 1 is 1.27 bits per heavy atom. The van der Waals surface area contributed by atoms with Crippen LogP contribution in [0.25, 0.3) is 20.8 Å². The van der Waals surface area contributed by atoms with E-state index in [-0.39, 0.29) is 12.0 Å². The van der Waals surface area contributed by atoms with Crippen LogP contribution in [0.1, 0.15) is 27.3 Å². The van der Waals surface area contributed by atoms with Crippen LogP contribution >= 0.6 is 11.3 Å². The van der Waals surface area contributed by atoms with E-state index in [9.17, 15) is 4.79 Å². The van der Waals surface area contributed by atoms with E-state index in [1.54, 1.807) is 29.1 Å². The molecule has 152 valence electrons. The van der Waals surface area contributed by atoms with Crippen molar-refractivity contribution in [2.24, 2.45) is 7.05 Å². The average molecular weight is 419 g/mol. The molecule has 2 aromatic carbocycles. The van der Waals surface area contributed by atoms with Crippen LogP contribution in [0.2, 0.25) is 0 Å². The predicted molar refractivity (Wildman–Crippen MR) is 118 cm³/mol. The number of carbonyl (C=O) groups is 1. The molecule has 1 unspecified atom stereocenters. The van der Waals surface area contributed by atoms with Gasteiger partial charge in [-0.25, -0.2) is 4.98 Å². The van der Waals surface area contributed by atoms with Crippen LogP contribution in [-0.4, -0.2) is 33.3 Å². The first-order valence-corrected chi connectivity index (χ1v) is 10.7. The lowest BCUT2D eigenvalue weighted by Gasteiger charge is -2.13. The van der Waals surface area contributed by atoms with Crippen molar-refractivity contribution in [2.45, 2.75) is 26.4 Å². The van der Waals surface area contributed by atoms with Gasteiger partial charge in [0, 0.05) is 13.5 Å². The third-order valence-corrected chi connectivity index (χ3v) is 6.36. The van der Waals surface area contributed by atoms with Crippen LogP contribution < -0.4 is 10.1 Å². The zero-order chi connectivity index (χ0) is 20.8. The van der Waals surface area contributed by atoms with Crippen molar-refractivity contribution in [1.29, 1.82) is 0 Å². The summed E-state index contributed by atoms with van der Waals surface area (Å²) in [5.41, 5.74) is 5.75. The molecule has 0 bridgehead atoms. The number of para-hydroxylation sites is 1. The number of ether oxygens (including phenoxy) is 1. The van der Waals surface area contributed by atoms with Gasteiger partial charge in [0.05, 0.1) is 28.0 Å². The molecule has 1 aliphatic rings. The Morgan fingerprint density at radius 3 is 2.87 bits per heavy atom. The second kappa shape index (κ2) is 7.25. The molecular weight excluding hydrogens is 396 g/mol. The first-order valence-electron chi connectivity index (χ1n) is 9.93. The molecule has 3 heterocycles. The van der Waals surface area contributed by atoms with E-state index in [1.165, 1.54) is 11.1 Å². The summed E-state index contributed by atoms with van der Waals surface area (Å²) < 4.78 is 9.06. The van der Waals surface area contributed by atoms with Gasteiger partial charge >= 0.3 is 0 Å². The lowest BCUT2D eigenvalue weighted by atomic mass is 10.0. The van der Waals surface area contributed by atoms with Crippen molar-refractivity contribution in [3.05, 3.63) is 65.0 Å². The van der Waals surface area contributed by atoms with Crippen LogP contribution in [0.15, 0.2) is 42.5 Å². The molecule has 2 aromatic heterocycles. The molecule has 4 aromatic rings. The van der Waals surface area contributed by atoms with Crippen molar-refractivity contribution in [2.75, 3.05) is 6.54 Å². The zero-order valence-electron chi connectivity index (χ0n) is 17.1. The molecule has 0 saturated heterocycles. The predicted octanol–water partition coefficient (Wildman–Crippen LogP) is 4.05. The summed E-state index contributed by atoms with van der Waals surface area (Å²) in [5.74, 6) is 0.746. The minimum atomic E-state index is -0.139. The Balaban J connectivity index is 1.37. The summed E-state index contributed by atoms with van der Waals surface area (Å²) >= 11 is 1.68. The summed E-state index contributed by atoms with van der Waals surface area (Å²) in [6, 6.07) is 14.2. The van der Waals surface area contributed by atoms with Gasteiger partial charge in [-0.15, -0.1) is 11.3 Å². The summed E-state index contributed by atoms with van der Waals surface area (Å²) in [6.45, 7) is 4.41. The van der Waals surface area contributed by atoms with Crippen LogP contribution in [0.5, 0.6) is 5.75 Å². The second-order valence-electron chi connectivity index (χ2n) is 7.74. The fraction of sp³-hybridized carbons (Fsp3) is 0.261. The van der Waals surface area contributed by atoms with E-state index in [0.29, 0.717) is 12.2 Å². The molecule has 1 N–H and O–H groups in total. The van der Waals surface area contributed by atoms with Gasteiger partial charge in [-0.3, -0.25) is 9.48 Å². The summed E-state index contributed by atoms with van der Waals surface area (Å²) in [5, 5.41) is 8.19. The molecule has 1 aliphatic heterocycles. The van der Waals surface area contributed by atoms with Crippen molar-refractivity contribution >= 4 is 27.5 Å². The minimum Gasteiger partial charge on any atom is -0.487 e. The van der Waals surface area contributed by atoms with Gasteiger partial charge < -0.3 is 10.1 Å². The maximum Gasteiger partial charge on any atom is 0.269 e. The van der Waals surface area contributed by atoms with E-state index in [1.807, 2.05) is 25.1 Å². The number of nitrogens with one attached hydrogen (secondary N) is 1. The number of benzene rings is 2. The maximum absolute atomic E-state index is 12.5. The van der Waals surface area contributed by atoms with Gasteiger partial charge in [-0.05, 0) is 49.2 Å². The quantitative estimate of drug-likeness (QED) is 0.543. The topological polar surface area (TPSA) is 69.0 Å². The smallest absolute Gasteiger partial charge is 0.269 e. The van der Waals surface area contributed by atoms with E-state index >= 15 is 0 Å². The van der Waals surface area contributed by atoms with Crippen LogP contribution in [0, 0.1) is 13.8 Å². The third-order valence-electron chi connectivity index (χ3n) is 5.29. The Morgan fingerprint density at radius 2 is 2.10 bits per heavy atom. The number of hydrogen-bond acceptors (Lipinski definition) is 5. The fourth-order valence-corrected chi connectivity index (χ4v) is 4.95. The van der Waals surface area contributed by atoms with Gasteiger partial charge in [-0.1, -0.05) is 18.2 Å². The number of aryl methyl sites for hydroxylation is 3. The average Bonchev–Trinajstić information content (AvgIpc) is 3.41. The molecule has 30 heavy (non-hydrogen) atoms. The van der Waals surface area contributed by atoms with Crippen LogP contribution in [0.3, 0.4) is 0 Å². The maximum atomic E-state index is 12.5. The number of rotatable bonds is 4.